The van der Waals surface area contributed by atoms with Crippen LogP contribution in [0.1, 0.15) is 30.1 Å². The van der Waals surface area contributed by atoms with E-state index < -0.39 is 0 Å². The molecule has 0 spiro atoms. The molecule has 2 heterocycles. The van der Waals surface area contributed by atoms with E-state index in [4.69, 9.17) is 0 Å². The largest absolute Gasteiger partial charge is 0.352 e. The van der Waals surface area contributed by atoms with Gasteiger partial charge in [-0.05, 0) is 25.8 Å². The number of nitrogens with one attached hydrogen (secondary N) is 1. The fourth-order valence-electron chi connectivity index (χ4n) is 3.79. The molecule has 2 aliphatic rings. The number of pyridine rings is 1. The van der Waals surface area contributed by atoms with E-state index in [9.17, 15) is 14.4 Å². The Balaban J connectivity index is 1.47. The third-order valence-electron chi connectivity index (χ3n) is 5.84. The Bertz CT molecular complexity index is 971. The highest BCUT2D eigenvalue weighted by molar-refractivity contribution is 6.06. The van der Waals surface area contributed by atoms with Crippen molar-refractivity contribution in [3.8, 4) is 0 Å². The molecule has 1 N–H and O–H groups in total. The number of carbonyl (C=O) groups excluding carboxylic acids is 2. The number of aryl methyl sites for hydroxylation is 1. The van der Waals surface area contributed by atoms with Gasteiger partial charge in [0, 0.05) is 50.7 Å². The molecule has 0 bridgehead atoms. The zero-order chi connectivity index (χ0) is 19.8. The summed E-state index contributed by atoms with van der Waals surface area (Å²) in [7, 11) is 1.71. The molecule has 0 radical (unpaired) electrons. The van der Waals surface area contributed by atoms with E-state index in [1.54, 1.807) is 16.5 Å². The fraction of sp³-hybridized carbons (Fsp3) is 0.476. The predicted molar refractivity (Wildman–Crippen MR) is 107 cm³/mol. The molecule has 1 atom stereocenters. The van der Waals surface area contributed by atoms with E-state index in [1.807, 2.05) is 31.2 Å². The minimum absolute atomic E-state index is 0.0693. The number of amides is 2. The first-order chi connectivity index (χ1) is 13.5. The summed E-state index contributed by atoms with van der Waals surface area (Å²) in [6.45, 7) is 4.30. The molecule has 7 nitrogen and oxygen atoms in total. The van der Waals surface area contributed by atoms with Gasteiger partial charge in [0.2, 0.25) is 5.91 Å². The molecular weight excluding hydrogens is 356 g/mol. The molecule has 7 heteroatoms. The van der Waals surface area contributed by atoms with Crippen molar-refractivity contribution in [1.29, 1.82) is 0 Å². The normalized spacial score (nSPS) is 18.9. The highest BCUT2D eigenvalue weighted by Gasteiger charge is 2.31. The van der Waals surface area contributed by atoms with Gasteiger partial charge in [-0.1, -0.05) is 18.2 Å². The van der Waals surface area contributed by atoms with Crippen molar-refractivity contribution in [3.63, 3.8) is 0 Å². The fourth-order valence-corrected chi connectivity index (χ4v) is 3.79. The maximum atomic E-state index is 13.1. The average Bonchev–Trinajstić information content (AvgIpc) is 3.53. The second kappa shape index (κ2) is 7.39. The van der Waals surface area contributed by atoms with Crippen LogP contribution in [0.25, 0.3) is 10.9 Å². The molecule has 1 saturated carbocycles. The van der Waals surface area contributed by atoms with Crippen molar-refractivity contribution < 1.29 is 9.59 Å². The van der Waals surface area contributed by atoms with Crippen LogP contribution in [0.15, 0.2) is 35.1 Å². The summed E-state index contributed by atoms with van der Waals surface area (Å²) >= 11 is 0. The standard InChI is InChI=1S/C21H26N4O3/c1-14(20(27)22-15-7-8-15)24-9-11-25(12-10-24)21(28)17-13-19(26)23(2)18-6-4-3-5-16(17)18/h3-6,13-15H,7-12H2,1-2H3,(H,22,27). The highest BCUT2D eigenvalue weighted by Crippen LogP contribution is 2.21. The lowest BCUT2D eigenvalue weighted by Crippen LogP contribution is -2.55. The molecule has 1 aromatic carbocycles. The lowest BCUT2D eigenvalue weighted by atomic mass is 10.1. The molecule has 2 aromatic rings. The van der Waals surface area contributed by atoms with Crippen LogP contribution in [0.5, 0.6) is 0 Å². The van der Waals surface area contributed by atoms with Crippen LogP contribution in [0.4, 0.5) is 0 Å². The van der Waals surface area contributed by atoms with Crippen LogP contribution in [-0.2, 0) is 11.8 Å². The Morgan fingerprint density at radius 2 is 1.79 bits per heavy atom. The molecule has 1 aliphatic carbocycles. The van der Waals surface area contributed by atoms with Crippen molar-refractivity contribution in [3.05, 3.63) is 46.2 Å². The van der Waals surface area contributed by atoms with Crippen molar-refractivity contribution in [2.24, 2.45) is 7.05 Å². The lowest BCUT2D eigenvalue weighted by Gasteiger charge is -2.37. The summed E-state index contributed by atoms with van der Waals surface area (Å²) in [6, 6.07) is 9.07. The maximum Gasteiger partial charge on any atom is 0.254 e. The summed E-state index contributed by atoms with van der Waals surface area (Å²) in [4.78, 5) is 41.6. The van der Waals surface area contributed by atoms with Gasteiger partial charge in [-0.2, -0.15) is 0 Å². The maximum absolute atomic E-state index is 13.1. The Morgan fingerprint density at radius 3 is 2.46 bits per heavy atom. The number of para-hydroxylation sites is 1. The molecule has 1 unspecified atom stereocenters. The molecule has 2 amide bonds. The first kappa shape index (κ1) is 18.7. The third kappa shape index (κ3) is 3.54. The molecular formula is C21H26N4O3. The summed E-state index contributed by atoms with van der Waals surface area (Å²) in [5.74, 6) is -0.0524. The lowest BCUT2D eigenvalue weighted by molar-refractivity contribution is -0.126. The van der Waals surface area contributed by atoms with Crippen LogP contribution in [0, 0.1) is 0 Å². The van der Waals surface area contributed by atoms with Gasteiger partial charge in [0.15, 0.2) is 0 Å². The molecule has 148 valence electrons. The van der Waals surface area contributed by atoms with Gasteiger partial charge in [0.25, 0.3) is 11.5 Å². The monoisotopic (exact) mass is 382 g/mol. The van der Waals surface area contributed by atoms with Gasteiger partial charge in [-0.25, -0.2) is 0 Å². The Kier molecular flexibility index (Phi) is 4.93. The molecule has 1 saturated heterocycles. The first-order valence-electron chi connectivity index (χ1n) is 9.88. The zero-order valence-electron chi connectivity index (χ0n) is 16.4. The number of aromatic nitrogens is 1. The molecule has 1 aliphatic heterocycles. The van der Waals surface area contributed by atoms with Gasteiger partial charge in [0.05, 0.1) is 17.1 Å². The Hall–Kier alpha value is -2.67. The number of nitrogens with zero attached hydrogens (tertiary/aromatic N) is 3. The molecule has 1 aromatic heterocycles. The Labute approximate surface area is 163 Å². The first-order valence-corrected chi connectivity index (χ1v) is 9.88. The quantitative estimate of drug-likeness (QED) is 0.855. The number of hydrogen-bond acceptors (Lipinski definition) is 4. The van der Waals surface area contributed by atoms with E-state index in [0.717, 1.165) is 23.7 Å². The Morgan fingerprint density at radius 1 is 1.11 bits per heavy atom. The second-order valence-corrected chi connectivity index (χ2v) is 7.76. The van der Waals surface area contributed by atoms with Crippen LogP contribution < -0.4 is 10.9 Å². The molecule has 28 heavy (non-hydrogen) atoms. The number of hydrogen-bond donors (Lipinski definition) is 1. The second-order valence-electron chi connectivity index (χ2n) is 7.76. The minimum atomic E-state index is -0.192. The average molecular weight is 382 g/mol. The van der Waals surface area contributed by atoms with Crippen molar-refractivity contribution in [2.45, 2.75) is 31.8 Å². The van der Waals surface area contributed by atoms with E-state index in [0.29, 0.717) is 37.8 Å². The summed E-state index contributed by atoms with van der Waals surface area (Å²) in [6.07, 6.45) is 2.15. The van der Waals surface area contributed by atoms with Crippen LogP contribution in [0.2, 0.25) is 0 Å². The SMILES string of the molecule is CC(C(=O)NC1CC1)N1CCN(C(=O)c2cc(=O)n(C)c3ccccc23)CC1. The van der Waals surface area contributed by atoms with E-state index >= 15 is 0 Å². The van der Waals surface area contributed by atoms with Crippen molar-refractivity contribution >= 4 is 22.7 Å². The molecule has 2 fully saturated rings. The smallest absolute Gasteiger partial charge is 0.254 e. The summed E-state index contributed by atoms with van der Waals surface area (Å²) < 4.78 is 1.56. The number of fused-ring (bicyclic) bond motifs is 1. The van der Waals surface area contributed by atoms with E-state index in [2.05, 4.69) is 10.2 Å². The van der Waals surface area contributed by atoms with Gasteiger partial charge in [-0.3, -0.25) is 19.3 Å². The van der Waals surface area contributed by atoms with Crippen LogP contribution in [-0.4, -0.2) is 64.4 Å². The zero-order valence-corrected chi connectivity index (χ0v) is 16.4. The predicted octanol–water partition coefficient (Wildman–Crippen LogP) is 0.963. The number of rotatable bonds is 4. The topological polar surface area (TPSA) is 74.7 Å². The summed E-state index contributed by atoms with van der Waals surface area (Å²) in [5.41, 5.74) is 1.01. The van der Waals surface area contributed by atoms with Gasteiger partial charge in [0.1, 0.15) is 0 Å². The number of benzene rings is 1. The van der Waals surface area contributed by atoms with E-state index in [1.165, 1.54) is 6.07 Å². The van der Waals surface area contributed by atoms with Crippen molar-refractivity contribution in [2.75, 3.05) is 26.2 Å². The third-order valence-corrected chi connectivity index (χ3v) is 5.84. The number of carbonyl (C=O) groups is 2. The highest BCUT2D eigenvalue weighted by atomic mass is 16.2. The van der Waals surface area contributed by atoms with Gasteiger partial charge >= 0.3 is 0 Å². The van der Waals surface area contributed by atoms with Crippen molar-refractivity contribution in [1.82, 2.24) is 19.7 Å². The number of piperazine rings is 1. The van der Waals surface area contributed by atoms with Crippen LogP contribution >= 0.6 is 0 Å². The van der Waals surface area contributed by atoms with Gasteiger partial charge < -0.3 is 14.8 Å². The molecule has 4 rings (SSSR count). The van der Waals surface area contributed by atoms with Crippen LogP contribution in [0.3, 0.4) is 0 Å². The minimum Gasteiger partial charge on any atom is -0.352 e. The van der Waals surface area contributed by atoms with Gasteiger partial charge in [-0.15, -0.1) is 0 Å². The van der Waals surface area contributed by atoms with E-state index in [-0.39, 0.29) is 23.4 Å². The summed E-state index contributed by atoms with van der Waals surface area (Å²) in [5, 5.41) is 3.83.